The Morgan fingerprint density at radius 2 is 1.90 bits per heavy atom. The molecule has 0 N–H and O–H groups in total. The Hall–Kier alpha value is -2.84. The summed E-state index contributed by atoms with van der Waals surface area (Å²) in [4.78, 5) is 21.9. The van der Waals surface area contributed by atoms with Gasteiger partial charge < -0.3 is 4.90 Å². The third-order valence-electron chi connectivity index (χ3n) is 4.82. The predicted molar refractivity (Wildman–Crippen MR) is 118 cm³/mol. The number of hydrogen-bond acceptors (Lipinski definition) is 6. The maximum absolute atomic E-state index is 13.3. The van der Waals surface area contributed by atoms with Crippen molar-refractivity contribution in [3.8, 4) is 0 Å². The molecule has 0 fully saturated rings. The lowest BCUT2D eigenvalue weighted by Gasteiger charge is -2.22. The van der Waals surface area contributed by atoms with Crippen LogP contribution in [0.1, 0.15) is 11.1 Å². The van der Waals surface area contributed by atoms with Crippen LogP contribution >= 0.6 is 11.3 Å². The molecule has 0 radical (unpaired) electrons. The number of rotatable bonds is 6. The molecule has 29 heavy (non-hydrogen) atoms. The number of hydrogen-bond donors (Lipinski definition) is 0. The molecule has 0 unspecified atom stereocenters. The van der Waals surface area contributed by atoms with Gasteiger partial charge in [0.05, 0.1) is 15.7 Å². The van der Waals surface area contributed by atoms with Gasteiger partial charge in [-0.1, -0.05) is 34.7 Å². The smallest absolute Gasteiger partial charge is 0.250 e. The van der Waals surface area contributed by atoms with Crippen LogP contribution < -0.4 is 4.90 Å². The summed E-state index contributed by atoms with van der Waals surface area (Å²) < 4.78 is 2.78. The first-order chi connectivity index (χ1) is 13.9. The van der Waals surface area contributed by atoms with E-state index < -0.39 is 0 Å². The van der Waals surface area contributed by atoms with E-state index in [0.717, 1.165) is 32.9 Å². The van der Waals surface area contributed by atoms with Crippen LogP contribution in [-0.4, -0.2) is 58.0 Å². The number of para-hydroxylation sites is 1. The van der Waals surface area contributed by atoms with Crippen LogP contribution in [0.4, 0.5) is 5.13 Å². The SMILES string of the molecule is Cc1cc(C)c2sc(N(CCN(C)C)C(=O)Cn3nnc4ccccc43)nc2c1. The topological polar surface area (TPSA) is 67.2 Å². The van der Waals surface area contributed by atoms with Crippen LogP contribution in [0.3, 0.4) is 0 Å². The summed E-state index contributed by atoms with van der Waals surface area (Å²) in [5, 5.41) is 9.05. The van der Waals surface area contributed by atoms with Gasteiger partial charge in [-0.3, -0.25) is 9.69 Å². The van der Waals surface area contributed by atoms with E-state index in [2.05, 4.69) is 41.2 Å². The van der Waals surface area contributed by atoms with Crippen molar-refractivity contribution in [1.29, 1.82) is 0 Å². The molecule has 4 rings (SSSR count). The monoisotopic (exact) mass is 408 g/mol. The average molecular weight is 409 g/mol. The molecule has 4 aromatic rings. The first kappa shape index (κ1) is 19.5. The van der Waals surface area contributed by atoms with Crippen molar-refractivity contribution in [2.75, 3.05) is 32.1 Å². The minimum Gasteiger partial charge on any atom is -0.308 e. The Kier molecular flexibility index (Phi) is 5.29. The highest BCUT2D eigenvalue weighted by Gasteiger charge is 2.22. The van der Waals surface area contributed by atoms with Gasteiger partial charge >= 0.3 is 0 Å². The molecule has 0 saturated heterocycles. The zero-order valence-electron chi connectivity index (χ0n) is 17.1. The second-order valence-corrected chi connectivity index (χ2v) is 8.49. The predicted octanol–water partition coefficient (Wildman–Crippen LogP) is 3.25. The number of anilines is 1. The summed E-state index contributed by atoms with van der Waals surface area (Å²) in [5.41, 5.74) is 4.94. The van der Waals surface area contributed by atoms with Crippen LogP contribution in [0.2, 0.25) is 0 Å². The van der Waals surface area contributed by atoms with Gasteiger partial charge in [0.25, 0.3) is 5.91 Å². The highest BCUT2D eigenvalue weighted by Crippen LogP contribution is 2.32. The Labute approximate surface area is 173 Å². The molecule has 2 aromatic carbocycles. The van der Waals surface area contributed by atoms with Crippen LogP contribution in [0.5, 0.6) is 0 Å². The fraction of sp³-hybridized carbons (Fsp3) is 0.333. The number of carbonyl (C=O) groups excluding carboxylic acids is 1. The molecule has 0 aliphatic carbocycles. The summed E-state index contributed by atoms with van der Waals surface area (Å²) in [6.07, 6.45) is 0. The number of aryl methyl sites for hydroxylation is 2. The zero-order valence-corrected chi connectivity index (χ0v) is 17.9. The van der Waals surface area contributed by atoms with Gasteiger partial charge in [-0.2, -0.15) is 0 Å². The number of thiazole rings is 1. The highest BCUT2D eigenvalue weighted by molar-refractivity contribution is 7.22. The molecule has 0 aliphatic rings. The number of likely N-dealkylation sites (N-methyl/N-ethyl adjacent to an activating group) is 1. The van der Waals surface area contributed by atoms with Crippen LogP contribution in [0.25, 0.3) is 21.3 Å². The molecule has 7 nitrogen and oxygen atoms in total. The largest absolute Gasteiger partial charge is 0.308 e. The van der Waals surface area contributed by atoms with Crippen LogP contribution in [-0.2, 0) is 11.3 Å². The summed E-state index contributed by atoms with van der Waals surface area (Å²) in [6.45, 7) is 5.59. The number of aromatic nitrogens is 4. The number of benzene rings is 2. The lowest BCUT2D eigenvalue weighted by Crippen LogP contribution is -2.38. The molecule has 8 heteroatoms. The second-order valence-electron chi connectivity index (χ2n) is 7.51. The fourth-order valence-corrected chi connectivity index (χ4v) is 4.41. The second kappa shape index (κ2) is 7.88. The average Bonchev–Trinajstić information content (AvgIpc) is 3.26. The molecule has 1 amide bonds. The summed E-state index contributed by atoms with van der Waals surface area (Å²) in [6, 6.07) is 11.9. The van der Waals surface area contributed by atoms with E-state index in [1.54, 1.807) is 20.9 Å². The quantitative estimate of drug-likeness (QED) is 0.490. The van der Waals surface area contributed by atoms with E-state index in [1.807, 2.05) is 38.4 Å². The van der Waals surface area contributed by atoms with Crippen molar-refractivity contribution in [3.63, 3.8) is 0 Å². The summed E-state index contributed by atoms with van der Waals surface area (Å²) in [7, 11) is 4.00. The molecule has 0 spiro atoms. The highest BCUT2D eigenvalue weighted by atomic mass is 32.1. The van der Waals surface area contributed by atoms with Crippen molar-refractivity contribution in [2.45, 2.75) is 20.4 Å². The Balaban J connectivity index is 1.68. The van der Waals surface area contributed by atoms with Crippen LogP contribution in [0.15, 0.2) is 36.4 Å². The Morgan fingerprint density at radius 1 is 1.10 bits per heavy atom. The van der Waals surface area contributed by atoms with Gasteiger partial charge in [0, 0.05) is 13.1 Å². The molecule has 2 heterocycles. The molecular formula is C21H24N6OS. The first-order valence-corrected chi connectivity index (χ1v) is 10.3. The number of nitrogens with zero attached hydrogens (tertiary/aromatic N) is 6. The van der Waals surface area contributed by atoms with Gasteiger partial charge in [-0.05, 0) is 57.3 Å². The van der Waals surface area contributed by atoms with E-state index in [0.29, 0.717) is 6.54 Å². The molecule has 150 valence electrons. The zero-order chi connectivity index (χ0) is 20.5. The third-order valence-corrected chi connectivity index (χ3v) is 6.05. The minimum absolute atomic E-state index is 0.0454. The van der Waals surface area contributed by atoms with Gasteiger partial charge in [0.1, 0.15) is 12.1 Å². The van der Waals surface area contributed by atoms with Crippen molar-refractivity contribution in [2.24, 2.45) is 0 Å². The minimum atomic E-state index is -0.0454. The fourth-order valence-electron chi connectivity index (χ4n) is 3.35. The molecule has 0 atom stereocenters. The van der Waals surface area contributed by atoms with Crippen molar-refractivity contribution < 1.29 is 4.79 Å². The first-order valence-electron chi connectivity index (χ1n) is 9.53. The van der Waals surface area contributed by atoms with E-state index in [4.69, 9.17) is 4.98 Å². The lowest BCUT2D eigenvalue weighted by atomic mass is 10.1. The maximum Gasteiger partial charge on any atom is 0.250 e. The standard InChI is InChI=1S/C21H24N6OS/c1-14-11-15(2)20-17(12-14)22-21(29-20)26(10-9-25(3)4)19(28)13-27-18-8-6-5-7-16(18)23-24-27/h5-8,11-12H,9-10,13H2,1-4H3. The van der Waals surface area contributed by atoms with Gasteiger partial charge in [0.2, 0.25) is 0 Å². The molecule has 2 aromatic heterocycles. The van der Waals surface area contributed by atoms with Gasteiger partial charge in [-0.15, -0.1) is 5.10 Å². The van der Waals surface area contributed by atoms with E-state index in [1.165, 1.54) is 11.1 Å². The van der Waals surface area contributed by atoms with Crippen LogP contribution in [0, 0.1) is 13.8 Å². The third kappa shape index (κ3) is 3.99. The Morgan fingerprint density at radius 3 is 2.69 bits per heavy atom. The number of amides is 1. The van der Waals surface area contributed by atoms with Crippen molar-refractivity contribution in [3.05, 3.63) is 47.5 Å². The molecule has 0 bridgehead atoms. The maximum atomic E-state index is 13.3. The van der Waals surface area contributed by atoms with E-state index in [-0.39, 0.29) is 12.5 Å². The van der Waals surface area contributed by atoms with E-state index >= 15 is 0 Å². The molecular weight excluding hydrogens is 384 g/mol. The summed E-state index contributed by atoms with van der Waals surface area (Å²) in [5.74, 6) is -0.0454. The van der Waals surface area contributed by atoms with Crippen molar-refractivity contribution in [1.82, 2.24) is 24.9 Å². The molecule has 0 aliphatic heterocycles. The van der Waals surface area contributed by atoms with Crippen molar-refractivity contribution >= 4 is 43.6 Å². The number of carbonyl (C=O) groups is 1. The molecule has 0 saturated carbocycles. The lowest BCUT2D eigenvalue weighted by molar-refractivity contribution is -0.119. The van der Waals surface area contributed by atoms with Gasteiger partial charge in [0.15, 0.2) is 5.13 Å². The van der Waals surface area contributed by atoms with Gasteiger partial charge in [-0.25, -0.2) is 9.67 Å². The summed E-state index contributed by atoms with van der Waals surface area (Å²) >= 11 is 1.57. The number of fused-ring (bicyclic) bond motifs is 2. The Bertz CT molecular complexity index is 1180. The normalized spacial score (nSPS) is 11.6. The van der Waals surface area contributed by atoms with E-state index in [9.17, 15) is 4.79 Å².